The van der Waals surface area contributed by atoms with Crippen LogP contribution < -0.4 is 5.73 Å². The zero-order valence-corrected chi connectivity index (χ0v) is 11.4. The molecule has 0 bridgehead atoms. The van der Waals surface area contributed by atoms with Gasteiger partial charge in [0.15, 0.2) is 0 Å². The Morgan fingerprint density at radius 2 is 1.79 bits per heavy atom. The van der Waals surface area contributed by atoms with Crippen LogP contribution in [0, 0.1) is 5.82 Å². The van der Waals surface area contributed by atoms with E-state index in [9.17, 15) is 4.39 Å². The maximum atomic E-state index is 13.0. The Kier molecular flexibility index (Phi) is 4.94. The maximum Gasteiger partial charge on any atom is 0.141 e. The van der Waals surface area contributed by atoms with Crippen LogP contribution in [0.2, 0.25) is 5.02 Å². The lowest BCUT2D eigenvalue weighted by atomic mass is 10.00. The highest BCUT2D eigenvalue weighted by atomic mass is 35.5. The summed E-state index contributed by atoms with van der Waals surface area (Å²) < 4.78 is 13.0. The van der Waals surface area contributed by atoms with E-state index in [2.05, 4.69) is 12.1 Å². The Morgan fingerprint density at radius 1 is 1.05 bits per heavy atom. The molecule has 1 unspecified atom stereocenters. The van der Waals surface area contributed by atoms with Crippen molar-refractivity contribution in [2.24, 2.45) is 5.73 Å². The van der Waals surface area contributed by atoms with Crippen LogP contribution in [0.1, 0.15) is 17.5 Å². The first-order valence-electron chi connectivity index (χ1n) is 6.38. The molecule has 100 valence electrons. The van der Waals surface area contributed by atoms with Crippen LogP contribution in [0.3, 0.4) is 0 Å². The van der Waals surface area contributed by atoms with Crippen LogP contribution in [-0.2, 0) is 12.8 Å². The number of rotatable bonds is 5. The smallest absolute Gasteiger partial charge is 0.141 e. The fourth-order valence-corrected chi connectivity index (χ4v) is 2.27. The number of nitrogens with two attached hydrogens (primary N) is 1. The van der Waals surface area contributed by atoms with Crippen molar-refractivity contribution in [3.63, 3.8) is 0 Å². The summed E-state index contributed by atoms with van der Waals surface area (Å²) in [6.45, 7) is 0. The first-order chi connectivity index (χ1) is 9.15. The van der Waals surface area contributed by atoms with E-state index < -0.39 is 0 Å². The van der Waals surface area contributed by atoms with Crippen LogP contribution in [0.5, 0.6) is 0 Å². The monoisotopic (exact) mass is 277 g/mol. The standard InChI is InChI=1S/C16H17ClFN/c17-15-11-13(7-9-16(15)18)10-14(19)8-6-12-4-2-1-3-5-12/h1-5,7,9,11,14H,6,8,10,19H2. The third-order valence-electron chi connectivity index (χ3n) is 3.13. The minimum absolute atomic E-state index is 0.0572. The third kappa shape index (κ3) is 4.34. The Morgan fingerprint density at radius 3 is 2.47 bits per heavy atom. The predicted molar refractivity (Wildman–Crippen MR) is 77.9 cm³/mol. The lowest BCUT2D eigenvalue weighted by Gasteiger charge is -2.12. The van der Waals surface area contributed by atoms with Crippen molar-refractivity contribution < 1.29 is 4.39 Å². The first-order valence-corrected chi connectivity index (χ1v) is 6.76. The van der Waals surface area contributed by atoms with E-state index in [1.165, 1.54) is 11.6 Å². The van der Waals surface area contributed by atoms with Crippen molar-refractivity contribution in [2.45, 2.75) is 25.3 Å². The van der Waals surface area contributed by atoms with Gasteiger partial charge in [0, 0.05) is 6.04 Å². The van der Waals surface area contributed by atoms with Crippen molar-refractivity contribution in [3.05, 3.63) is 70.5 Å². The highest BCUT2D eigenvalue weighted by molar-refractivity contribution is 6.30. The van der Waals surface area contributed by atoms with Gasteiger partial charge >= 0.3 is 0 Å². The van der Waals surface area contributed by atoms with E-state index in [-0.39, 0.29) is 16.9 Å². The summed E-state index contributed by atoms with van der Waals surface area (Å²) in [6.07, 6.45) is 2.57. The minimum atomic E-state index is -0.386. The van der Waals surface area contributed by atoms with Crippen LogP contribution in [0.25, 0.3) is 0 Å². The zero-order valence-electron chi connectivity index (χ0n) is 10.7. The second-order valence-electron chi connectivity index (χ2n) is 4.74. The number of hydrogen-bond acceptors (Lipinski definition) is 1. The van der Waals surface area contributed by atoms with Crippen LogP contribution in [-0.4, -0.2) is 6.04 Å². The maximum absolute atomic E-state index is 13.0. The molecule has 0 amide bonds. The summed E-state index contributed by atoms with van der Waals surface area (Å²) in [6, 6.07) is 15.1. The van der Waals surface area contributed by atoms with E-state index in [1.54, 1.807) is 12.1 Å². The number of hydrogen-bond donors (Lipinski definition) is 1. The topological polar surface area (TPSA) is 26.0 Å². The van der Waals surface area contributed by atoms with Gasteiger partial charge in [-0.2, -0.15) is 0 Å². The van der Waals surface area contributed by atoms with Gasteiger partial charge in [-0.3, -0.25) is 0 Å². The van der Waals surface area contributed by atoms with Crippen molar-refractivity contribution in [3.8, 4) is 0 Å². The quantitative estimate of drug-likeness (QED) is 0.879. The molecule has 3 heteroatoms. The molecule has 2 aromatic carbocycles. The molecule has 1 nitrogen and oxygen atoms in total. The third-order valence-corrected chi connectivity index (χ3v) is 3.42. The molecule has 2 aromatic rings. The SMILES string of the molecule is NC(CCc1ccccc1)Cc1ccc(F)c(Cl)c1. The summed E-state index contributed by atoms with van der Waals surface area (Å²) in [5.41, 5.74) is 8.37. The summed E-state index contributed by atoms with van der Waals surface area (Å²) >= 11 is 5.75. The van der Waals surface area contributed by atoms with E-state index in [0.717, 1.165) is 18.4 Å². The number of benzene rings is 2. The molecule has 0 aliphatic heterocycles. The van der Waals surface area contributed by atoms with E-state index in [0.29, 0.717) is 6.42 Å². The zero-order chi connectivity index (χ0) is 13.7. The van der Waals surface area contributed by atoms with Crippen LogP contribution in [0.4, 0.5) is 4.39 Å². The fraction of sp³-hybridized carbons (Fsp3) is 0.250. The second-order valence-corrected chi connectivity index (χ2v) is 5.14. The number of halogens is 2. The molecule has 0 saturated heterocycles. The molecule has 19 heavy (non-hydrogen) atoms. The molecule has 0 aliphatic carbocycles. The summed E-state index contributed by atoms with van der Waals surface area (Å²) in [5.74, 6) is -0.386. The minimum Gasteiger partial charge on any atom is -0.327 e. The molecule has 0 radical (unpaired) electrons. The van der Waals surface area contributed by atoms with Gasteiger partial charge in [-0.05, 0) is 42.5 Å². The average molecular weight is 278 g/mol. The average Bonchev–Trinajstić information content (AvgIpc) is 2.42. The molecule has 0 aromatic heterocycles. The highest BCUT2D eigenvalue weighted by Crippen LogP contribution is 2.17. The normalized spacial score (nSPS) is 12.4. The first kappa shape index (κ1) is 14.0. The van der Waals surface area contributed by atoms with Crippen molar-refractivity contribution in [1.29, 1.82) is 0 Å². The molecule has 2 N–H and O–H groups in total. The van der Waals surface area contributed by atoms with Crippen molar-refractivity contribution in [1.82, 2.24) is 0 Å². The van der Waals surface area contributed by atoms with Crippen molar-refractivity contribution >= 4 is 11.6 Å². The summed E-state index contributed by atoms with van der Waals surface area (Å²) in [4.78, 5) is 0. The van der Waals surface area contributed by atoms with Gasteiger partial charge in [0.25, 0.3) is 0 Å². The molecule has 1 atom stereocenters. The molecular weight excluding hydrogens is 261 g/mol. The van der Waals surface area contributed by atoms with Crippen molar-refractivity contribution in [2.75, 3.05) is 0 Å². The predicted octanol–water partition coefficient (Wildman–Crippen LogP) is 3.98. The second kappa shape index (κ2) is 6.69. The largest absolute Gasteiger partial charge is 0.327 e. The van der Waals surface area contributed by atoms with Crippen LogP contribution >= 0.6 is 11.6 Å². The molecule has 0 heterocycles. The van der Waals surface area contributed by atoms with E-state index in [4.69, 9.17) is 17.3 Å². The van der Waals surface area contributed by atoms with Gasteiger partial charge in [0.2, 0.25) is 0 Å². The molecule has 0 spiro atoms. The molecule has 2 rings (SSSR count). The van der Waals surface area contributed by atoms with Gasteiger partial charge in [0.05, 0.1) is 5.02 Å². The lowest BCUT2D eigenvalue weighted by Crippen LogP contribution is -2.23. The van der Waals surface area contributed by atoms with Gasteiger partial charge in [-0.1, -0.05) is 48.0 Å². The Balaban J connectivity index is 1.87. The van der Waals surface area contributed by atoms with Gasteiger partial charge in [-0.25, -0.2) is 4.39 Å². The number of aryl methyl sites for hydroxylation is 1. The summed E-state index contributed by atoms with van der Waals surface area (Å²) in [5, 5.41) is 0.160. The van der Waals surface area contributed by atoms with Gasteiger partial charge in [-0.15, -0.1) is 0 Å². The molecule has 0 saturated carbocycles. The molecule has 0 fully saturated rings. The van der Waals surface area contributed by atoms with E-state index in [1.807, 2.05) is 18.2 Å². The van der Waals surface area contributed by atoms with Crippen LogP contribution in [0.15, 0.2) is 48.5 Å². The Labute approximate surface area is 118 Å². The fourth-order valence-electron chi connectivity index (χ4n) is 2.07. The Bertz CT molecular complexity index is 528. The van der Waals surface area contributed by atoms with E-state index >= 15 is 0 Å². The van der Waals surface area contributed by atoms with Gasteiger partial charge < -0.3 is 5.73 Å². The van der Waals surface area contributed by atoms with Gasteiger partial charge in [0.1, 0.15) is 5.82 Å². The highest BCUT2D eigenvalue weighted by Gasteiger charge is 2.07. The summed E-state index contributed by atoms with van der Waals surface area (Å²) in [7, 11) is 0. The lowest BCUT2D eigenvalue weighted by molar-refractivity contribution is 0.605. The molecular formula is C16H17ClFN. The molecule has 0 aliphatic rings. The Hall–Kier alpha value is -1.38.